The van der Waals surface area contributed by atoms with Gasteiger partial charge in [-0.1, -0.05) is 19.1 Å². The summed E-state index contributed by atoms with van der Waals surface area (Å²) in [5, 5.41) is 0. The normalized spacial score (nSPS) is 11.0. The number of hydrogen-bond acceptors (Lipinski definition) is 4. The summed E-state index contributed by atoms with van der Waals surface area (Å²) in [5.41, 5.74) is 1.32. The van der Waals surface area contributed by atoms with Gasteiger partial charge in [0, 0.05) is 12.6 Å². The first-order valence-corrected chi connectivity index (χ1v) is 6.74. The number of Topliss-reactive ketones (excluding diaryl/α,β-unsaturated/α-hetero) is 1. The Hall–Kier alpha value is -2.56. The fourth-order valence-corrected chi connectivity index (χ4v) is 2.16. The molecular weight excluding hydrogens is 271 g/mol. The Bertz CT molecular complexity index is 811. The molecule has 0 saturated heterocycles. The second-order valence-electron chi connectivity index (χ2n) is 4.68. The average molecular weight is 284 g/mol. The van der Waals surface area contributed by atoms with Crippen molar-refractivity contribution < 1.29 is 13.6 Å². The third-order valence-corrected chi connectivity index (χ3v) is 3.17. The van der Waals surface area contributed by atoms with Gasteiger partial charge in [-0.3, -0.25) is 4.79 Å². The van der Waals surface area contributed by atoms with Crippen LogP contribution in [0.15, 0.2) is 40.9 Å². The van der Waals surface area contributed by atoms with Crippen LogP contribution in [0.1, 0.15) is 30.1 Å². The Morgan fingerprint density at radius 1 is 1.29 bits per heavy atom. The highest BCUT2D eigenvalue weighted by Crippen LogP contribution is 2.27. The molecule has 5 heteroatoms. The van der Waals surface area contributed by atoms with Gasteiger partial charge in [-0.05, 0) is 24.6 Å². The van der Waals surface area contributed by atoms with Gasteiger partial charge in [-0.2, -0.15) is 4.98 Å². The molecule has 0 aliphatic heterocycles. The van der Waals surface area contributed by atoms with E-state index in [1.807, 2.05) is 6.92 Å². The number of hydrogen-bond donors (Lipinski definition) is 0. The van der Waals surface area contributed by atoms with Crippen LogP contribution in [-0.2, 0) is 0 Å². The van der Waals surface area contributed by atoms with E-state index in [9.17, 15) is 9.18 Å². The molecule has 21 heavy (non-hydrogen) atoms. The maximum absolute atomic E-state index is 13.8. The molecule has 0 atom stereocenters. The lowest BCUT2D eigenvalue weighted by Gasteiger charge is -1.98. The molecule has 0 aliphatic carbocycles. The highest BCUT2D eigenvalue weighted by atomic mass is 19.1. The van der Waals surface area contributed by atoms with E-state index in [1.54, 1.807) is 24.3 Å². The van der Waals surface area contributed by atoms with Crippen molar-refractivity contribution in [2.45, 2.75) is 19.8 Å². The van der Waals surface area contributed by atoms with Gasteiger partial charge in [0.05, 0.1) is 11.1 Å². The lowest BCUT2D eigenvalue weighted by Crippen LogP contribution is -1.98. The van der Waals surface area contributed by atoms with Crippen LogP contribution in [0.5, 0.6) is 0 Å². The number of ketones is 1. The molecule has 2 aromatic heterocycles. The largest absolute Gasteiger partial charge is 0.433 e. The number of nitrogens with zero attached hydrogens (tertiary/aromatic N) is 2. The molecule has 0 bridgehead atoms. The Morgan fingerprint density at radius 3 is 2.86 bits per heavy atom. The van der Waals surface area contributed by atoms with E-state index in [0.29, 0.717) is 23.2 Å². The number of halogens is 1. The van der Waals surface area contributed by atoms with Crippen molar-refractivity contribution in [3.63, 3.8) is 0 Å². The molecule has 0 radical (unpaired) electrons. The highest BCUT2D eigenvalue weighted by Gasteiger charge is 2.18. The van der Waals surface area contributed by atoms with Crippen LogP contribution in [0.4, 0.5) is 4.39 Å². The lowest BCUT2D eigenvalue weighted by molar-refractivity contribution is 0.0982. The third-order valence-electron chi connectivity index (χ3n) is 3.17. The summed E-state index contributed by atoms with van der Waals surface area (Å²) in [6.45, 7) is 1.93. The second kappa shape index (κ2) is 5.44. The van der Waals surface area contributed by atoms with Crippen LogP contribution >= 0.6 is 0 Å². The van der Waals surface area contributed by atoms with Crippen LogP contribution in [-0.4, -0.2) is 15.8 Å². The van der Waals surface area contributed by atoms with Gasteiger partial charge < -0.3 is 4.42 Å². The van der Waals surface area contributed by atoms with Gasteiger partial charge in [0.2, 0.25) is 5.89 Å². The molecule has 3 aromatic rings. The van der Waals surface area contributed by atoms with Gasteiger partial charge in [0.25, 0.3) is 0 Å². The number of rotatable bonds is 4. The van der Waals surface area contributed by atoms with Crippen molar-refractivity contribution in [3.05, 3.63) is 47.9 Å². The maximum atomic E-state index is 13.8. The number of oxazole rings is 1. The highest BCUT2D eigenvalue weighted by molar-refractivity contribution is 6.04. The predicted molar refractivity (Wildman–Crippen MR) is 76.4 cm³/mol. The molecule has 0 saturated carbocycles. The summed E-state index contributed by atoms with van der Waals surface area (Å²) in [6, 6.07) is 7.81. The zero-order chi connectivity index (χ0) is 14.8. The zero-order valence-corrected chi connectivity index (χ0v) is 11.5. The van der Waals surface area contributed by atoms with E-state index in [2.05, 4.69) is 9.97 Å². The van der Waals surface area contributed by atoms with Crippen LogP contribution in [0, 0.1) is 5.82 Å². The summed E-state index contributed by atoms with van der Waals surface area (Å²) in [5.74, 6) is -0.320. The van der Waals surface area contributed by atoms with Gasteiger partial charge in [-0.25, -0.2) is 9.37 Å². The van der Waals surface area contributed by atoms with E-state index in [4.69, 9.17) is 4.42 Å². The Balaban J connectivity index is 2.15. The minimum absolute atomic E-state index is 0.0267. The average Bonchev–Trinajstić information content (AvgIpc) is 2.91. The zero-order valence-electron chi connectivity index (χ0n) is 11.5. The summed E-state index contributed by atoms with van der Waals surface area (Å²) in [7, 11) is 0. The number of carbonyl (C=O) groups excluding carboxylic acids is 1. The summed E-state index contributed by atoms with van der Waals surface area (Å²) in [4.78, 5) is 20.3. The second-order valence-corrected chi connectivity index (χ2v) is 4.68. The molecule has 0 spiro atoms. The Labute approximate surface area is 120 Å². The van der Waals surface area contributed by atoms with Gasteiger partial charge in [0.15, 0.2) is 17.0 Å². The molecule has 3 rings (SSSR count). The van der Waals surface area contributed by atoms with Gasteiger partial charge in [-0.15, -0.1) is 0 Å². The van der Waals surface area contributed by atoms with Crippen LogP contribution in [0.3, 0.4) is 0 Å². The molecule has 1 aromatic carbocycles. The van der Waals surface area contributed by atoms with Crippen molar-refractivity contribution in [3.8, 4) is 11.5 Å². The molecular formula is C16H13FN2O2. The smallest absolute Gasteiger partial charge is 0.231 e. The molecule has 0 fully saturated rings. The standard InChI is InChI=1S/C16H13FN2O2/c1-2-5-13(20)11-8-9-18-15-14(11)21-16(19-15)10-6-3-4-7-12(10)17/h3-4,6-9H,2,5H2,1H3. The summed E-state index contributed by atoms with van der Waals surface area (Å²) >= 11 is 0. The minimum Gasteiger partial charge on any atom is -0.433 e. The molecule has 0 N–H and O–H groups in total. The van der Waals surface area contributed by atoms with Crippen molar-refractivity contribution in [1.29, 1.82) is 0 Å². The predicted octanol–water partition coefficient (Wildman–Crippen LogP) is 4.01. The topological polar surface area (TPSA) is 56.0 Å². The molecule has 2 heterocycles. The van der Waals surface area contributed by atoms with E-state index in [1.165, 1.54) is 12.3 Å². The molecule has 0 aliphatic rings. The van der Waals surface area contributed by atoms with Crippen molar-refractivity contribution >= 4 is 17.0 Å². The fraction of sp³-hybridized carbons (Fsp3) is 0.188. The first kappa shape index (κ1) is 13.4. The maximum Gasteiger partial charge on any atom is 0.231 e. The monoisotopic (exact) mass is 284 g/mol. The van der Waals surface area contributed by atoms with Gasteiger partial charge >= 0.3 is 0 Å². The Kier molecular flexibility index (Phi) is 3.48. The third kappa shape index (κ3) is 2.42. The molecule has 0 unspecified atom stereocenters. The number of benzene rings is 1. The summed E-state index contributed by atoms with van der Waals surface area (Å²) < 4.78 is 19.4. The van der Waals surface area contributed by atoms with Crippen molar-refractivity contribution in [1.82, 2.24) is 9.97 Å². The summed E-state index contributed by atoms with van der Waals surface area (Å²) in [6.07, 6.45) is 2.69. The van der Waals surface area contributed by atoms with Crippen LogP contribution < -0.4 is 0 Å². The van der Waals surface area contributed by atoms with Gasteiger partial charge in [0.1, 0.15) is 5.82 Å². The van der Waals surface area contributed by atoms with Crippen molar-refractivity contribution in [2.24, 2.45) is 0 Å². The molecule has 0 amide bonds. The quantitative estimate of drug-likeness (QED) is 0.679. The number of fused-ring (bicyclic) bond motifs is 1. The SMILES string of the molecule is CCCC(=O)c1ccnc2nc(-c3ccccc3F)oc12. The fourth-order valence-electron chi connectivity index (χ4n) is 2.16. The van der Waals surface area contributed by atoms with E-state index < -0.39 is 5.82 Å². The minimum atomic E-state index is -0.425. The van der Waals surface area contributed by atoms with E-state index in [-0.39, 0.29) is 17.2 Å². The van der Waals surface area contributed by atoms with E-state index in [0.717, 1.165) is 6.42 Å². The first-order chi connectivity index (χ1) is 10.2. The number of pyridine rings is 1. The first-order valence-electron chi connectivity index (χ1n) is 6.74. The molecule has 106 valence electrons. The van der Waals surface area contributed by atoms with Crippen LogP contribution in [0.25, 0.3) is 22.7 Å². The number of aromatic nitrogens is 2. The lowest BCUT2D eigenvalue weighted by atomic mass is 10.1. The van der Waals surface area contributed by atoms with E-state index >= 15 is 0 Å². The Morgan fingerprint density at radius 2 is 2.10 bits per heavy atom. The number of carbonyl (C=O) groups is 1. The van der Waals surface area contributed by atoms with Crippen molar-refractivity contribution in [2.75, 3.05) is 0 Å². The van der Waals surface area contributed by atoms with Crippen LogP contribution in [0.2, 0.25) is 0 Å². The molecule has 4 nitrogen and oxygen atoms in total.